The molecule has 0 spiro atoms. The average molecular weight is 313 g/mol. The number of rotatable bonds is 6. The van der Waals surface area contributed by atoms with E-state index in [4.69, 9.17) is 11.6 Å². The molecule has 0 amide bonds. The predicted molar refractivity (Wildman–Crippen MR) is 87.1 cm³/mol. The maximum Gasteiger partial charge on any atom is 0.287 e. The van der Waals surface area contributed by atoms with E-state index >= 15 is 0 Å². The van der Waals surface area contributed by atoms with Crippen LogP contribution in [0.15, 0.2) is 11.0 Å². The fraction of sp³-hybridized carbons (Fsp3) is 0.733. The number of likely N-dealkylation sites (tertiary alicyclic amines) is 1. The second kappa shape index (κ2) is 7.80. The zero-order valence-corrected chi connectivity index (χ0v) is 13.7. The van der Waals surface area contributed by atoms with Gasteiger partial charge in [-0.1, -0.05) is 25.4 Å². The summed E-state index contributed by atoms with van der Waals surface area (Å²) >= 11 is 6.15. The number of nitrogens with one attached hydrogen (secondary N) is 1. The molecule has 1 aliphatic heterocycles. The monoisotopic (exact) mass is 312 g/mol. The Labute approximate surface area is 131 Å². The maximum absolute atomic E-state index is 12.0. The Kier molecular flexibility index (Phi) is 6.06. The first-order valence-corrected chi connectivity index (χ1v) is 8.25. The van der Waals surface area contributed by atoms with Gasteiger partial charge in [-0.15, -0.1) is 0 Å². The molecular weight excluding hydrogens is 288 g/mol. The van der Waals surface area contributed by atoms with Gasteiger partial charge in [-0.05, 0) is 44.8 Å². The van der Waals surface area contributed by atoms with Crippen LogP contribution in [0.25, 0.3) is 0 Å². The zero-order chi connectivity index (χ0) is 15.2. The topological polar surface area (TPSA) is 50.2 Å². The van der Waals surface area contributed by atoms with Crippen molar-refractivity contribution in [3.05, 3.63) is 21.6 Å². The van der Waals surface area contributed by atoms with Gasteiger partial charge < -0.3 is 10.2 Å². The van der Waals surface area contributed by atoms with E-state index < -0.39 is 0 Å². The number of aromatic nitrogens is 2. The van der Waals surface area contributed by atoms with Crippen LogP contribution in [0, 0.1) is 5.92 Å². The van der Waals surface area contributed by atoms with E-state index in [0.717, 1.165) is 32.6 Å². The fourth-order valence-corrected chi connectivity index (χ4v) is 2.93. The number of halogens is 1. The molecule has 6 heteroatoms. The summed E-state index contributed by atoms with van der Waals surface area (Å²) in [6, 6.07) is 0. The highest BCUT2D eigenvalue weighted by atomic mass is 35.5. The molecule has 2 rings (SSSR count). The van der Waals surface area contributed by atoms with Crippen LogP contribution in [0.3, 0.4) is 0 Å². The third kappa shape index (κ3) is 4.20. The van der Waals surface area contributed by atoms with Gasteiger partial charge in [-0.2, -0.15) is 5.10 Å². The molecule has 5 nitrogen and oxygen atoms in total. The lowest BCUT2D eigenvalue weighted by Gasteiger charge is -2.31. The molecule has 118 valence electrons. The van der Waals surface area contributed by atoms with Crippen LogP contribution < -0.4 is 10.9 Å². The minimum absolute atomic E-state index is 0.204. The van der Waals surface area contributed by atoms with Crippen LogP contribution in [0.2, 0.25) is 5.02 Å². The zero-order valence-electron chi connectivity index (χ0n) is 12.9. The number of nitrogens with zero attached hydrogens (tertiary/aromatic N) is 3. The van der Waals surface area contributed by atoms with E-state index in [0.29, 0.717) is 18.2 Å². The van der Waals surface area contributed by atoms with E-state index in [1.54, 1.807) is 6.20 Å². The summed E-state index contributed by atoms with van der Waals surface area (Å²) < 4.78 is 1.42. The lowest BCUT2D eigenvalue weighted by Crippen LogP contribution is -2.35. The molecule has 0 atom stereocenters. The summed E-state index contributed by atoms with van der Waals surface area (Å²) in [5.74, 6) is 0.641. The fourth-order valence-electron chi connectivity index (χ4n) is 2.72. The molecule has 1 aliphatic rings. The molecule has 21 heavy (non-hydrogen) atoms. The molecule has 0 aliphatic carbocycles. The number of anilines is 1. The van der Waals surface area contributed by atoms with E-state index in [-0.39, 0.29) is 10.6 Å². The van der Waals surface area contributed by atoms with Crippen LogP contribution >= 0.6 is 11.6 Å². The first-order valence-electron chi connectivity index (χ1n) is 7.87. The van der Waals surface area contributed by atoms with Crippen molar-refractivity contribution in [1.29, 1.82) is 0 Å². The van der Waals surface area contributed by atoms with Gasteiger partial charge in [0.15, 0.2) is 0 Å². The van der Waals surface area contributed by atoms with Gasteiger partial charge in [0.05, 0.1) is 11.9 Å². The van der Waals surface area contributed by atoms with E-state index in [2.05, 4.69) is 22.2 Å². The lowest BCUT2D eigenvalue weighted by molar-refractivity contribution is 0.198. The van der Waals surface area contributed by atoms with Gasteiger partial charge in [0.1, 0.15) is 5.02 Å². The SMILES string of the molecule is CCCn1ncc(NCC2CCN(CC)CC2)c(Cl)c1=O. The molecule has 1 N–H and O–H groups in total. The average Bonchev–Trinajstić information content (AvgIpc) is 2.52. The normalized spacial score (nSPS) is 17.1. The predicted octanol–water partition coefficient (Wildman–Crippen LogP) is 2.45. The van der Waals surface area contributed by atoms with E-state index in [1.807, 2.05) is 6.92 Å². The minimum atomic E-state index is -0.204. The summed E-state index contributed by atoms with van der Waals surface area (Å²) in [6.07, 6.45) is 4.92. The Hall–Kier alpha value is -1.07. The molecule has 0 radical (unpaired) electrons. The van der Waals surface area contributed by atoms with Crippen LogP contribution in [0.4, 0.5) is 5.69 Å². The molecule has 0 unspecified atom stereocenters. The highest BCUT2D eigenvalue weighted by Crippen LogP contribution is 2.20. The van der Waals surface area contributed by atoms with Crippen molar-refractivity contribution >= 4 is 17.3 Å². The number of hydrogen-bond donors (Lipinski definition) is 1. The molecule has 2 heterocycles. The van der Waals surface area contributed by atoms with Crippen LogP contribution in [-0.4, -0.2) is 40.9 Å². The molecular formula is C15H25ClN4O. The Morgan fingerprint density at radius 3 is 2.71 bits per heavy atom. The van der Waals surface area contributed by atoms with E-state index in [9.17, 15) is 4.79 Å². The van der Waals surface area contributed by atoms with Crippen molar-refractivity contribution in [2.24, 2.45) is 5.92 Å². The van der Waals surface area contributed by atoms with Crippen LogP contribution in [0.1, 0.15) is 33.1 Å². The first-order chi connectivity index (χ1) is 10.2. The number of piperidine rings is 1. The van der Waals surface area contributed by atoms with Gasteiger partial charge in [0.25, 0.3) is 5.56 Å². The third-order valence-corrected chi connectivity index (χ3v) is 4.52. The van der Waals surface area contributed by atoms with Crippen LogP contribution in [-0.2, 0) is 6.54 Å². The van der Waals surface area contributed by atoms with Gasteiger partial charge in [-0.3, -0.25) is 4.79 Å². The summed E-state index contributed by atoms with van der Waals surface area (Å²) in [7, 11) is 0. The molecule has 1 saturated heterocycles. The van der Waals surface area contributed by atoms with Gasteiger partial charge in [0.2, 0.25) is 0 Å². The standard InChI is InChI=1S/C15H25ClN4O/c1-3-7-20-15(21)14(16)13(11-18-20)17-10-12-5-8-19(4-2)9-6-12/h11-12,17H,3-10H2,1-2H3. The quantitative estimate of drug-likeness (QED) is 0.876. The summed E-state index contributed by atoms with van der Waals surface area (Å²) in [4.78, 5) is 14.5. The largest absolute Gasteiger partial charge is 0.382 e. The summed E-state index contributed by atoms with van der Waals surface area (Å²) in [5.41, 5.74) is 0.455. The van der Waals surface area contributed by atoms with Gasteiger partial charge in [-0.25, -0.2) is 4.68 Å². The van der Waals surface area contributed by atoms with Crippen molar-refractivity contribution in [1.82, 2.24) is 14.7 Å². The molecule has 0 aromatic carbocycles. The van der Waals surface area contributed by atoms with E-state index in [1.165, 1.54) is 17.5 Å². The number of aryl methyl sites for hydroxylation is 1. The summed E-state index contributed by atoms with van der Waals surface area (Å²) in [6.45, 7) is 9.13. The smallest absolute Gasteiger partial charge is 0.287 e. The lowest BCUT2D eigenvalue weighted by atomic mass is 9.97. The molecule has 1 aromatic rings. The highest BCUT2D eigenvalue weighted by molar-refractivity contribution is 6.32. The molecule has 1 aromatic heterocycles. The molecule has 1 fully saturated rings. The maximum atomic E-state index is 12.0. The summed E-state index contributed by atoms with van der Waals surface area (Å²) in [5, 5.41) is 7.72. The third-order valence-electron chi connectivity index (χ3n) is 4.16. The van der Waals surface area contributed by atoms with Crippen molar-refractivity contribution in [3.63, 3.8) is 0 Å². The van der Waals surface area contributed by atoms with Crippen molar-refractivity contribution in [2.75, 3.05) is 31.5 Å². The van der Waals surface area contributed by atoms with Gasteiger partial charge in [0, 0.05) is 13.1 Å². The Bertz CT molecular complexity index is 509. The number of hydrogen-bond acceptors (Lipinski definition) is 4. The first kappa shape index (κ1) is 16.3. The Morgan fingerprint density at radius 1 is 1.38 bits per heavy atom. The second-order valence-corrected chi connectivity index (χ2v) is 6.04. The Morgan fingerprint density at radius 2 is 2.10 bits per heavy atom. The molecule has 0 saturated carbocycles. The Balaban J connectivity index is 1.92. The highest BCUT2D eigenvalue weighted by Gasteiger charge is 2.18. The second-order valence-electron chi connectivity index (χ2n) is 5.66. The van der Waals surface area contributed by atoms with Crippen molar-refractivity contribution in [2.45, 2.75) is 39.7 Å². The van der Waals surface area contributed by atoms with Crippen molar-refractivity contribution in [3.8, 4) is 0 Å². The van der Waals surface area contributed by atoms with Crippen molar-refractivity contribution < 1.29 is 0 Å². The molecule has 0 bridgehead atoms. The van der Waals surface area contributed by atoms with Crippen LogP contribution in [0.5, 0.6) is 0 Å². The van der Waals surface area contributed by atoms with Gasteiger partial charge >= 0.3 is 0 Å². The minimum Gasteiger partial charge on any atom is -0.382 e.